The Morgan fingerprint density at radius 2 is 2.22 bits per heavy atom. The van der Waals surface area contributed by atoms with Crippen LogP contribution >= 0.6 is 12.2 Å². The van der Waals surface area contributed by atoms with E-state index in [0.29, 0.717) is 37.8 Å². The Bertz CT molecular complexity index is 878. The molecule has 3 rings (SSSR count). The maximum atomic E-state index is 10.8. The van der Waals surface area contributed by atoms with Gasteiger partial charge in [0.1, 0.15) is 0 Å². The second kappa shape index (κ2) is 8.05. The number of hydrogen-bond acceptors (Lipinski definition) is 9. The summed E-state index contributed by atoms with van der Waals surface area (Å²) in [4.78, 5) is 16.6. The Labute approximate surface area is 160 Å². The van der Waals surface area contributed by atoms with E-state index in [0.717, 1.165) is 0 Å². The molecular weight excluding hydrogens is 372 g/mol. The second-order valence-corrected chi connectivity index (χ2v) is 6.05. The predicted octanol–water partition coefficient (Wildman–Crippen LogP) is 0.704. The number of aromatic nitrogens is 3. The van der Waals surface area contributed by atoms with Gasteiger partial charge in [0.25, 0.3) is 5.69 Å². The summed E-state index contributed by atoms with van der Waals surface area (Å²) in [5.41, 5.74) is 6.49. The molecule has 0 atom stereocenters. The Balaban J connectivity index is 1.72. The van der Waals surface area contributed by atoms with E-state index in [1.54, 1.807) is 19.2 Å². The number of thiocarbonyl (C=S) groups is 1. The molecule has 0 spiro atoms. The molecule has 1 saturated heterocycles. The van der Waals surface area contributed by atoms with Crippen molar-refractivity contribution in [3.05, 3.63) is 39.9 Å². The van der Waals surface area contributed by atoms with Crippen molar-refractivity contribution in [3.8, 4) is 0 Å². The third-order valence-electron chi connectivity index (χ3n) is 3.83. The van der Waals surface area contributed by atoms with Crippen LogP contribution < -0.4 is 10.6 Å². The molecular formula is C15H18N8O3S. The summed E-state index contributed by atoms with van der Waals surface area (Å²) in [6.45, 7) is 2.56. The highest BCUT2D eigenvalue weighted by Crippen LogP contribution is 2.14. The zero-order valence-electron chi connectivity index (χ0n) is 14.6. The summed E-state index contributed by atoms with van der Waals surface area (Å²) in [7, 11) is 1.63. The van der Waals surface area contributed by atoms with Gasteiger partial charge in [0.05, 0.1) is 24.4 Å². The number of benzene rings is 1. The van der Waals surface area contributed by atoms with Gasteiger partial charge in [0.15, 0.2) is 0 Å². The summed E-state index contributed by atoms with van der Waals surface area (Å²) in [5, 5.41) is 21.0. The van der Waals surface area contributed by atoms with Crippen LogP contribution in [0, 0.1) is 10.1 Å². The van der Waals surface area contributed by atoms with Crippen molar-refractivity contribution in [2.45, 2.75) is 0 Å². The standard InChI is InChI=1S/C15H18N8O3S/c1-20(17-10-11-3-2-4-12(9-11)23(24)25)15(27)22-13(16)18-14(19-22)21-5-7-26-8-6-21/h2-4,9-10H,5-8H2,1H3,(H2,16,18,19)/b17-10+. The number of hydrazone groups is 1. The lowest BCUT2D eigenvalue weighted by Crippen LogP contribution is -2.37. The predicted molar refractivity (Wildman–Crippen MR) is 104 cm³/mol. The molecule has 11 nitrogen and oxygen atoms in total. The van der Waals surface area contributed by atoms with Crippen molar-refractivity contribution in [1.82, 2.24) is 19.8 Å². The summed E-state index contributed by atoms with van der Waals surface area (Å²) in [5.74, 6) is 0.633. The van der Waals surface area contributed by atoms with E-state index in [4.69, 9.17) is 22.7 Å². The molecule has 0 radical (unpaired) electrons. The van der Waals surface area contributed by atoms with E-state index in [-0.39, 0.29) is 16.7 Å². The Morgan fingerprint density at radius 3 is 2.93 bits per heavy atom. The van der Waals surface area contributed by atoms with Crippen LogP contribution in [0.25, 0.3) is 0 Å². The van der Waals surface area contributed by atoms with Crippen LogP contribution in [0.3, 0.4) is 0 Å². The van der Waals surface area contributed by atoms with E-state index in [9.17, 15) is 10.1 Å². The minimum Gasteiger partial charge on any atom is -0.378 e. The van der Waals surface area contributed by atoms with Crippen molar-refractivity contribution >= 4 is 41.1 Å². The third-order valence-corrected chi connectivity index (χ3v) is 4.27. The number of anilines is 2. The lowest BCUT2D eigenvalue weighted by atomic mass is 10.2. The molecule has 142 valence electrons. The highest BCUT2D eigenvalue weighted by Gasteiger charge is 2.20. The number of nitrogens with zero attached hydrogens (tertiary/aromatic N) is 7. The summed E-state index contributed by atoms with van der Waals surface area (Å²) >= 11 is 5.37. The number of nitro groups is 1. The minimum absolute atomic E-state index is 0.0140. The van der Waals surface area contributed by atoms with Gasteiger partial charge in [-0.2, -0.15) is 14.8 Å². The van der Waals surface area contributed by atoms with Gasteiger partial charge in [-0.3, -0.25) is 10.1 Å². The van der Waals surface area contributed by atoms with Crippen molar-refractivity contribution < 1.29 is 9.66 Å². The third kappa shape index (κ3) is 4.35. The molecule has 1 aromatic heterocycles. The lowest BCUT2D eigenvalue weighted by Gasteiger charge is -2.25. The Hall–Kier alpha value is -3.12. The van der Waals surface area contributed by atoms with Gasteiger partial charge >= 0.3 is 0 Å². The van der Waals surface area contributed by atoms with E-state index < -0.39 is 4.92 Å². The SMILES string of the molecule is CN(/N=C/c1cccc([N+](=O)[O-])c1)C(=S)n1nc(N2CCOCC2)nc1N. The zero-order chi connectivity index (χ0) is 19.4. The van der Waals surface area contributed by atoms with Crippen LogP contribution in [0.2, 0.25) is 0 Å². The number of nitrogens with two attached hydrogens (primary N) is 1. The molecule has 1 aliphatic rings. The number of non-ortho nitro benzene ring substituents is 1. The maximum Gasteiger partial charge on any atom is 0.270 e. The minimum atomic E-state index is -0.463. The van der Waals surface area contributed by atoms with Crippen molar-refractivity contribution in [2.75, 3.05) is 44.0 Å². The first-order valence-electron chi connectivity index (χ1n) is 8.07. The first-order chi connectivity index (χ1) is 13.0. The largest absolute Gasteiger partial charge is 0.378 e. The van der Waals surface area contributed by atoms with Gasteiger partial charge in [0, 0.05) is 37.8 Å². The summed E-state index contributed by atoms with van der Waals surface area (Å²) in [6, 6.07) is 6.12. The van der Waals surface area contributed by atoms with Crippen molar-refractivity contribution in [3.63, 3.8) is 0 Å². The smallest absolute Gasteiger partial charge is 0.270 e. The van der Waals surface area contributed by atoms with Crippen LogP contribution in [-0.2, 0) is 4.74 Å². The molecule has 2 heterocycles. The van der Waals surface area contributed by atoms with Crippen LogP contribution in [0.5, 0.6) is 0 Å². The topological polar surface area (TPSA) is 128 Å². The molecule has 1 aromatic carbocycles. The van der Waals surface area contributed by atoms with Gasteiger partial charge in [-0.25, -0.2) is 5.01 Å². The lowest BCUT2D eigenvalue weighted by molar-refractivity contribution is -0.384. The maximum absolute atomic E-state index is 10.8. The molecule has 1 fully saturated rings. The summed E-state index contributed by atoms with van der Waals surface area (Å²) in [6.07, 6.45) is 1.47. The zero-order valence-corrected chi connectivity index (χ0v) is 15.4. The van der Waals surface area contributed by atoms with Gasteiger partial charge < -0.3 is 15.4 Å². The van der Waals surface area contributed by atoms with Gasteiger partial charge in [-0.15, -0.1) is 5.10 Å². The number of nitro benzene ring substituents is 1. The fourth-order valence-corrected chi connectivity index (χ4v) is 2.59. The number of morpholine rings is 1. The van der Waals surface area contributed by atoms with Crippen LogP contribution in [0.1, 0.15) is 5.56 Å². The normalized spacial score (nSPS) is 14.5. The molecule has 2 aromatic rings. The Kier molecular flexibility index (Phi) is 5.57. The monoisotopic (exact) mass is 390 g/mol. The second-order valence-electron chi connectivity index (χ2n) is 5.68. The number of hydrogen-bond donors (Lipinski definition) is 1. The molecule has 1 aliphatic heterocycles. The number of rotatable bonds is 4. The average Bonchev–Trinajstić information content (AvgIpc) is 3.08. The quantitative estimate of drug-likeness (QED) is 0.347. The van der Waals surface area contributed by atoms with E-state index in [1.807, 2.05) is 4.90 Å². The number of nitrogen functional groups attached to an aromatic ring is 1. The van der Waals surface area contributed by atoms with E-state index >= 15 is 0 Å². The molecule has 0 aliphatic carbocycles. The first kappa shape index (κ1) is 18.7. The molecule has 0 saturated carbocycles. The molecule has 12 heteroatoms. The molecule has 0 amide bonds. The molecule has 2 N–H and O–H groups in total. The summed E-state index contributed by atoms with van der Waals surface area (Å²) < 4.78 is 6.63. The van der Waals surface area contributed by atoms with Gasteiger partial charge in [-0.1, -0.05) is 12.1 Å². The number of ether oxygens (including phenoxy) is 1. The van der Waals surface area contributed by atoms with Crippen LogP contribution in [0.15, 0.2) is 29.4 Å². The van der Waals surface area contributed by atoms with Crippen molar-refractivity contribution in [1.29, 1.82) is 0 Å². The van der Waals surface area contributed by atoms with Crippen LogP contribution in [-0.4, -0.2) is 69.4 Å². The molecule has 0 bridgehead atoms. The molecule has 0 unspecified atom stereocenters. The van der Waals surface area contributed by atoms with Crippen LogP contribution in [0.4, 0.5) is 17.6 Å². The van der Waals surface area contributed by atoms with Gasteiger partial charge in [0.2, 0.25) is 17.0 Å². The fourth-order valence-electron chi connectivity index (χ4n) is 2.41. The Morgan fingerprint density at radius 1 is 1.48 bits per heavy atom. The van der Waals surface area contributed by atoms with Crippen molar-refractivity contribution in [2.24, 2.45) is 5.10 Å². The van der Waals surface area contributed by atoms with Gasteiger partial charge in [-0.05, 0) is 12.2 Å². The van der Waals surface area contributed by atoms with E-state index in [1.165, 1.54) is 28.0 Å². The average molecular weight is 390 g/mol. The molecule has 27 heavy (non-hydrogen) atoms. The fraction of sp³-hybridized carbons (Fsp3) is 0.333. The van der Waals surface area contributed by atoms with E-state index in [2.05, 4.69) is 15.2 Å². The highest BCUT2D eigenvalue weighted by molar-refractivity contribution is 7.80. The first-order valence-corrected chi connectivity index (χ1v) is 8.48. The highest BCUT2D eigenvalue weighted by atomic mass is 32.1.